The molecule has 0 atom stereocenters. The maximum atomic E-state index is 13.0. The number of hydrogen-bond acceptors (Lipinski definition) is 4. The molecule has 0 saturated heterocycles. The van der Waals surface area contributed by atoms with Gasteiger partial charge in [0.05, 0.1) is 14.2 Å². The second-order valence-electron chi connectivity index (χ2n) is 5.39. The Morgan fingerprint density at radius 1 is 1.10 bits per heavy atom. The van der Waals surface area contributed by atoms with Crippen molar-refractivity contribution >= 4 is 5.78 Å². The molecule has 0 heterocycles. The first-order valence-corrected chi connectivity index (χ1v) is 7.57. The van der Waals surface area contributed by atoms with E-state index in [1.54, 1.807) is 32.4 Å². The number of ketones is 1. The van der Waals surface area contributed by atoms with Gasteiger partial charge in [-0.1, -0.05) is 19.3 Å². The number of rotatable bonds is 6. The lowest BCUT2D eigenvalue weighted by molar-refractivity contribution is -0.0411. The summed E-state index contributed by atoms with van der Waals surface area (Å²) in [5.74, 6) is 1.26. The predicted octanol–water partition coefficient (Wildman–Crippen LogP) is 3.63. The molecule has 4 nitrogen and oxygen atoms in total. The van der Waals surface area contributed by atoms with Crippen LogP contribution in [0.2, 0.25) is 0 Å². The van der Waals surface area contributed by atoms with Crippen LogP contribution in [0.25, 0.3) is 0 Å². The van der Waals surface area contributed by atoms with Crippen LogP contribution >= 0.6 is 0 Å². The van der Waals surface area contributed by atoms with Crippen molar-refractivity contribution in [3.63, 3.8) is 0 Å². The highest BCUT2D eigenvalue weighted by Crippen LogP contribution is 2.36. The van der Waals surface area contributed by atoms with Gasteiger partial charge in [-0.05, 0) is 38.0 Å². The Kier molecular flexibility index (Phi) is 5.23. The van der Waals surface area contributed by atoms with Crippen molar-refractivity contribution in [2.24, 2.45) is 0 Å². The van der Waals surface area contributed by atoms with Crippen LogP contribution < -0.4 is 9.47 Å². The third-order valence-electron chi connectivity index (χ3n) is 4.14. The molecule has 0 spiro atoms. The Morgan fingerprint density at radius 3 is 2.33 bits per heavy atom. The van der Waals surface area contributed by atoms with Gasteiger partial charge in [0, 0.05) is 12.2 Å². The molecule has 1 aliphatic rings. The monoisotopic (exact) mass is 292 g/mol. The molecule has 0 amide bonds. The topological polar surface area (TPSA) is 44.8 Å². The molecule has 21 heavy (non-hydrogen) atoms. The summed E-state index contributed by atoms with van der Waals surface area (Å²) in [6.07, 6.45) is 4.86. The van der Waals surface area contributed by atoms with Crippen LogP contribution in [0.5, 0.6) is 11.5 Å². The van der Waals surface area contributed by atoms with Gasteiger partial charge in [-0.25, -0.2) is 0 Å². The maximum Gasteiger partial charge on any atom is 0.194 e. The summed E-state index contributed by atoms with van der Waals surface area (Å²) in [4.78, 5) is 13.0. The fraction of sp³-hybridized carbons (Fsp3) is 0.588. The minimum atomic E-state index is -0.660. The quantitative estimate of drug-likeness (QED) is 0.751. The number of Topliss-reactive ketones (excluding diaryl/α,β-unsaturated/α-hetero) is 1. The molecule has 0 bridgehead atoms. The molecule has 0 aromatic heterocycles. The molecule has 1 aromatic carbocycles. The van der Waals surface area contributed by atoms with Gasteiger partial charge >= 0.3 is 0 Å². The zero-order valence-electron chi connectivity index (χ0n) is 13.1. The summed E-state index contributed by atoms with van der Waals surface area (Å²) in [6, 6.07) is 5.31. The van der Waals surface area contributed by atoms with Gasteiger partial charge in [-0.15, -0.1) is 0 Å². The van der Waals surface area contributed by atoms with Crippen LogP contribution in [-0.4, -0.2) is 32.2 Å². The summed E-state index contributed by atoms with van der Waals surface area (Å²) in [6.45, 7) is 2.50. The van der Waals surface area contributed by atoms with Crippen LogP contribution in [0.15, 0.2) is 18.2 Å². The fourth-order valence-corrected chi connectivity index (χ4v) is 3.08. The van der Waals surface area contributed by atoms with Crippen molar-refractivity contribution in [1.82, 2.24) is 0 Å². The van der Waals surface area contributed by atoms with Crippen molar-refractivity contribution in [1.29, 1.82) is 0 Å². The lowest BCUT2D eigenvalue weighted by atomic mass is 9.79. The Labute approximate surface area is 126 Å². The Bertz CT molecular complexity index is 484. The molecule has 0 radical (unpaired) electrons. The Morgan fingerprint density at radius 2 is 1.76 bits per heavy atom. The summed E-state index contributed by atoms with van der Waals surface area (Å²) in [5, 5.41) is 0. The normalized spacial score (nSPS) is 17.3. The SMILES string of the molecule is CCOC1(C(=O)c2ccc(OC)c(OC)c2)CCCCC1. The number of hydrogen-bond donors (Lipinski definition) is 0. The molecule has 1 aliphatic carbocycles. The van der Waals surface area contributed by atoms with E-state index in [1.165, 1.54) is 6.42 Å². The standard InChI is InChI=1S/C17H24O4/c1-4-21-17(10-6-5-7-11-17)16(18)13-8-9-14(19-2)15(12-13)20-3/h8-9,12H,4-7,10-11H2,1-3H3. The third kappa shape index (κ3) is 3.21. The summed E-state index contributed by atoms with van der Waals surface area (Å²) < 4.78 is 16.4. The zero-order chi connectivity index (χ0) is 15.3. The lowest BCUT2D eigenvalue weighted by Gasteiger charge is -2.35. The van der Waals surface area contributed by atoms with Crippen LogP contribution in [0.1, 0.15) is 49.4 Å². The van der Waals surface area contributed by atoms with E-state index in [-0.39, 0.29) is 5.78 Å². The largest absolute Gasteiger partial charge is 0.493 e. The first kappa shape index (κ1) is 15.8. The van der Waals surface area contributed by atoms with Crippen molar-refractivity contribution < 1.29 is 19.0 Å². The molecule has 116 valence electrons. The summed E-state index contributed by atoms with van der Waals surface area (Å²) in [5.41, 5.74) is -0.0323. The first-order chi connectivity index (χ1) is 10.2. The molecular weight excluding hydrogens is 268 g/mol. The van der Waals surface area contributed by atoms with Gasteiger partial charge in [-0.3, -0.25) is 4.79 Å². The fourth-order valence-electron chi connectivity index (χ4n) is 3.08. The van der Waals surface area contributed by atoms with Crippen molar-refractivity contribution in [3.8, 4) is 11.5 Å². The zero-order valence-corrected chi connectivity index (χ0v) is 13.1. The molecular formula is C17H24O4. The summed E-state index contributed by atoms with van der Waals surface area (Å²) in [7, 11) is 3.16. The van der Waals surface area contributed by atoms with Gasteiger partial charge < -0.3 is 14.2 Å². The maximum absolute atomic E-state index is 13.0. The van der Waals surface area contributed by atoms with E-state index in [2.05, 4.69) is 0 Å². The highest BCUT2D eigenvalue weighted by atomic mass is 16.5. The number of methoxy groups -OCH3 is 2. The number of carbonyl (C=O) groups is 1. The predicted molar refractivity (Wildman–Crippen MR) is 81.3 cm³/mol. The average Bonchev–Trinajstić information content (AvgIpc) is 2.54. The average molecular weight is 292 g/mol. The van der Waals surface area contributed by atoms with Gasteiger partial charge in [-0.2, -0.15) is 0 Å². The minimum Gasteiger partial charge on any atom is -0.493 e. The first-order valence-electron chi connectivity index (χ1n) is 7.57. The highest BCUT2D eigenvalue weighted by Gasteiger charge is 2.40. The van der Waals surface area contributed by atoms with Gasteiger partial charge in [0.2, 0.25) is 0 Å². The number of carbonyl (C=O) groups excluding carboxylic acids is 1. The molecule has 1 aromatic rings. The molecule has 0 aliphatic heterocycles. The van der Waals surface area contributed by atoms with Crippen molar-refractivity contribution in [3.05, 3.63) is 23.8 Å². The lowest BCUT2D eigenvalue weighted by Crippen LogP contribution is -2.43. The molecule has 0 unspecified atom stereocenters. The Hall–Kier alpha value is -1.55. The molecule has 1 saturated carbocycles. The van der Waals surface area contributed by atoms with Crippen LogP contribution in [0, 0.1) is 0 Å². The van der Waals surface area contributed by atoms with Gasteiger partial charge in [0.25, 0.3) is 0 Å². The van der Waals surface area contributed by atoms with Crippen LogP contribution in [-0.2, 0) is 4.74 Å². The van der Waals surface area contributed by atoms with Crippen molar-refractivity contribution in [2.75, 3.05) is 20.8 Å². The molecule has 2 rings (SSSR count). The smallest absolute Gasteiger partial charge is 0.194 e. The van der Waals surface area contributed by atoms with Crippen LogP contribution in [0.3, 0.4) is 0 Å². The van der Waals surface area contributed by atoms with E-state index in [9.17, 15) is 4.79 Å². The van der Waals surface area contributed by atoms with E-state index >= 15 is 0 Å². The second-order valence-corrected chi connectivity index (χ2v) is 5.39. The molecule has 1 fully saturated rings. The van der Waals surface area contributed by atoms with E-state index in [4.69, 9.17) is 14.2 Å². The second kappa shape index (κ2) is 6.94. The Balaban J connectivity index is 2.32. The minimum absolute atomic E-state index is 0.0602. The molecule has 4 heteroatoms. The van der Waals surface area contributed by atoms with E-state index in [1.807, 2.05) is 6.92 Å². The van der Waals surface area contributed by atoms with E-state index in [0.29, 0.717) is 23.7 Å². The van der Waals surface area contributed by atoms with Crippen molar-refractivity contribution in [2.45, 2.75) is 44.6 Å². The van der Waals surface area contributed by atoms with E-state index in [0.717, 1.165) is 25.7 Å². The summed E-state index contributed by atoms with van der Waals surface area (Å²) >= 11 is 0. The van der Waals surface area contributed by atoms with Crippen LogP contribution in [0.4, 0.5) is 0 Å². The number of ether oxygens (including phenoxy) is 3. The highest BCUT2D eigenvalue weighted by molar-refractivity contribution is 6.03. The van der Waals surface area contributed by atoms with Gasteiger partial charge in [0.1, 0.15) is 5.60 Å². The van der Waals surface area contributed by atoms with E-state index < -0.39 is 5.60 Å². The third-order valence-corrected chi connectivity index (χ3v) is 4.14. The number of benzene rings is 1. The van der Waals surface area contributed by atoms with Gasteiger partial charge in [0.15, 0.2) is 17.3 Å². The molecule has 0 N–H and O–H groups in total.